The van der Waals surface area contributed by atoms with Crippen molar-refractivity contribution < 1.29 is 4.74 Å². The van der Waals surface area contributed by atoms with Gasteiger partial charge in [0.25, 0.3) is 0 Å². The SMILES string of the molecule is CC1(Nc2cccc(NN)n2)CCOCC1. The summed E-state index contributed by atoms with van der Waals surface area (Å²) in [6.45, 7) is 3.80. The van der Waals surface area contributed by atoms with Crippen molar-refractivity contribution >= 4 is 11.6 Å². The van der Waals surface area contributed by atoms with Crippen molar-refractivity contribution in [3.05, 3.63) is 18.2 Å². The van der Waals surface area contributed by atoms with Crippen LogP contribution in [-0.4, -0.2) is 23.7 Å². The maximum atomic E-state index is 5.35. The van der Waals surface area contributed by atoms with E-state index in [1.54, 1.807) is 0 Å². The van der Waals surface area contributed by atoms with Gasteiger partial charge in [-0.3, -0.25) is 0 Å². The number of aromatic nitrogens is 1. The molecule has 88 valence electrons. The first-order chi connectivity index (χ1) is 7.72. The van der Waals surface area contributed by atoms with Gasteiger partial charge in [-0.1, -0.05) is 6.07 Å². The number of nitrogens with two attached hydrogens (primary N) is 1. The van der Waals surface area contributed by atoms with Crippen LogP contribution in [0.3, 0.4) is 0 Å². The lowest BCUT2D eigenvalue weighted by Gasteiger charge is -2.35. The predicted octanol–water partition coefficient (Wildman–Crippen LogP) is 1.35. The van der Waals surface area contributed by atoms with Gasteiger partial charge in [0.2, 0.25) is 0 Å². The van der Waals surface area contributed by atoms with E-state index in [9.17, 15) is 0 Å². The van der Waals surface area contributed by atoms with E-state index in [0.717, 1.165) is 31.9 Å². The molecule has 2 rings (SSSR count). The molecule has 0 amide bonds. The topological polar surface area (TPSA) is 72.2 Å². The van der Waals surface area contributed by atoms with Crippen LogP contribution in [0.15, 0.2) is 18.2 Å². The minimum absolute atomic E-state index is 0.0679. The highest BCUT2D eigenvalue weighted by molar-refractivity contribution is 5.45. The van der Waals surface area contributed by atoms with E-state index < -0.39 is 0 Å². The van der Waals surface area contributed by atoms with Crippen LogP contribution in [0.1, 0.15) is 19.8 Å². The van der Waals surface area contributed by atoms with Gasteiger partial charge in [0, 0.05) is 18.8 Å². The summed E-state index contributed by atoms with van der Waals surface area (Å²) in [5, 5.41) is 3.45. The van der Waals surface area contributed by atoms with Crippen molar-refractivity contribution in [1.29, 1.82) is 0 Å². The molecule has 1 aliphatic rings. The molecule has 0 bridgehead atoms. The third kappa shape index (κ3) is 2.62. The summed E-state index contributed by atoms with van der Waals surface area (Å²) < 4.78 is 5.35. The van der Waals surface area contributed by atoms with Gasteiger partial charge >= 0.3 is 0 Å². The predicted molar refractivity (Wildman–Crippen MR) is 64.1 cm³/mol. The normalized spacial score (nSPS) is 19.1. The average Bonchev–Trinajstić information content (AvgIpc) is 2.29. The number of anilines is 2. The highest BCUT2D eigenvalue weighted by atomic mass is 16.5. The fourth-order valence-electron chi connectivity index (χ4n) is 1.84. The van der Waals surface area contributed by atoms with Crippen molar-refractivity contribution in [2.75, 3.05) is 24.0 Å². The van der Waals surface area contributed by atoms with E-state index in [1.165, 1.54) is 0 Å². The van der Waals surface area contributed by atoms with Crippen molar-refractivity contribution in [2.24, 2.45) is 5.84 Å². The van der Waals surface area contributed by atoms with Crippen LogP contribution in [-0.2, 0) is 4.74 Å². The molecule has 5 heteroatoms. The Kier molecular flexibility index (Phi) is 3.26. The minimum atomic E-state index is 0.0679. The highest BCUT2D eigenvalue weighted by Crippen LogP contribution is 2.24. The molecule has 1 aromatic heterocycles. The Bertz CT molecular complexity index is 350. The molecular weight excluding hydrogens is 204 g/mol. The molecule has 0 saturated carbocycles. The Balaban J connectivity index is 2.07. The smallest absolute Gasteiger partial charge is 0.142 e. The molecule has 1 fully saturated rings. The summed E-state index contributed by atoms with van der Waals surface area (Å²) in [5.41, 5.74) is 2.61. The monoisotopic (exact) mass is 222 g/mol. The van der Waals surface area contributed by atoms with E-state index in [-0.39, 0.29) is 5.54 Å². The van der Waals surface area contributed by atoms with Crippen molar-refractivity contribution in [3.63, 3.8) is 0 Å². The first kappa shape index (κ1) is 11.2. The molecule has 2 heterocycles. The zero-order valence-corrected chi connectivity index (χ0v) is 9.49. The molecule has 0 radical (unpaired) electrons. The molecular formula is C11H18N4O. The molecule has 0 spiro atoms. The molecule has 5 nitrogen and oxygen atoms in total. The lowest BCUT2D eigenvalue weighted by atomic mass is 9.92. The van der Waals surface area contributed by atoms with E-state index in [2.05, 4.69) is 22.7 Å². The Morgan fingerprint density at radius 1 is 1.31 bits per heavy atom. The maximum Gasteiger partial charge on any atom is 0.142 e. The van der Waals surface area contributed by atoms with Crippen LogP contribution in [0.25, 0.3) is 0 Å². The maximum absolute atomic E-state index is 5.35. The number of ether oxygens (including phenoxy) is 1. The second-order valence-corrected chi connectivity index (χ2v) is 4.35. The fraction of sp³-hybridized carbons (Fsp3) is 0.545. The summed E-state index contributed by atoms with van der Waals surface area (Å²) in [4.78, 5) is 4.34. The first-order valence-electron chi connectivity index (χ1n) is 5.51. The standard InChI is InChI=1S/C11H18N4O/c1-11(5-7-16-8-6-11)14-9-3-2-4-10(13-9)15-12/h2-4H,5-8,12H2,1H3,(H2,13,14,15). The first-order valence-corrected chi connectivity index (χ1v) is 5.51. The second kappa shape index (κ2) is 4.67. The van der Waals surface area contributed by atoms with Gasteiger partial charge in [-0.25, -0.2) is 10.8 Å². The molecule has 1 aliphatic heterocycles. The molecule has 16 heavy (non-hydrogen) atoms. The molecule has 0 aliphatic carbocycles. The van der Waals surface area contributed by atoms with Gasteiger partial charge in [-0.15, -0.1) is 0 Å². The number of rotatable bonds is 3. The van der Waals surface area contributed by atoms with Crippen LogP contribution in [0.4, 0.5) is 11.6 Å². The molecule has 1 aromatic rings. The minimum Gasteiger partial charge on any atom is -0.381 e. The van der Waals surface area contributed by atoms with Crippen molar-refractivity contribution in [2.45, 2.75) is 25.3 Å². The van der Waals surface area contributed by atoms with Gasteiger partial charge < -0.3 is 15.5 Å². The molecule has 0 atom stereocenters. The van der Waals surface area contributed by atoms with Gasteiger partial charge in [-0.2, -0.15) is 0 Å². The summed E-state index contributed by atoms with van der Waals surface area (Å²) in [7, 11) is 0. The van der Waals surface area contributed by atoms with Crippen LogP contribution in [0.5, 0.6) is 0 Å². The number of pyridine rings is 1. The highest BCUT2D eigenvalue weighted by Gasteiger charge is 2.27. The Hall–Kier alpha value is -1.33. The van der Waals surface area contributed by atoms with Crippen molar-refractivity contribution in [3.8, 4) is 0 Å². The van der Waals surface area contributed by atoms with Gasteiger partial charge in [-0.05, 0) is 31.9 Å². The number of nitrogens with one attached hydrogen (secondary N) is 2. The Labute approximate surface area is 95.4 Å². The third-order valence-electron chi connectivity index (χ3n) is 2.92. The fourth-order valence-corrected chi connectivity index (χ4v) is 1.84. The summed E-state index contributed by atoms with van der Waals surface area (Å²) in [5.74, 6) is 6.84. The number of nitrogens with zero attached hydrogens (tertiary/aromatic N) is 1. The summed E-state index contributed by atoms with van der Waals surface area (Å²) >= 11 is 0. The number of hydrogen-bond acceptors (Lipinski definition) is 5. The molecule has 4 N–H and O–H groups in total. The average molecular weight is 222 g/mol. The van der Waals surface area contributed by atoms with Gasteiger partial charge in [0.05, 0.1) is 0 Å². The summed E-state index contributed by atoms with van der Waals surface area (Å²) in [6.07, 6.45) is 1.99. The number of hydrazine groups is 1. The number of hydrogen-bond donors (Lipinski definition) is 3. The lowest BCUT2D eigenvalue weighted by molar-refractivity contribution is 0.0657. The van der Waals surface area contributed by atoms with Crippen molar-refractivity contribution in [1.82, 2.24) is 4.98 Å². The molecule has 1 saturated heterocycles. The number of nitrogen functional groups attached to an aromatic ring is 1. The van der Waals surface area contributed by atoms with Gasteiger partial charge in [0.15, 0.2) is 0 Å². The van der Waals surface area contributed by atoms with Crippen LogP contribution < -0.4 is 16.6 Å². The van der Waals surface area contributed by atoms with E-state index in [4.69, 9.17) is 10.6 Å². The van der Waals surface area contributed by atoms with Crippen LogP contribution >= 0.6 is 0 Å². The Morgan fingerprint density at radius 3 is 2.69 bits per heavy atom. The van der Waals surface area contributed by atoms with E-state index in [1.807, 2.05) is 18.2 Å². The zero-order chi connectivity index (χ0) is 11.4. The quantitative estimate of drug-likeness (QED) is 0.532. The van der Waals surface area contributed by atoms with E-state index >= 15 is 0 Å². The van der Waals surface area contributed by atoms with Crippen LogP contribution in [0.2, 0.25) is 0 Å². The van der Waals surface area contributed by atoms with Gasteiger partial charge in [0.1, 0.15) is 11.6 Å². The summed E-state index contributed by atoms with van der Waals surface area (Å²) in [6, 6.07) is 5.70. The Morgan fingerprint density at radius 2 is 2.00 bits per heavy atom. The molecule has 0 unspecified atom stereocenters. The third-order valence-corrected chi connectivity index (χ3v) is 2.92. The second-order valence-electron chi connectivity index (χ2n) is 4.35. The lowest BCUT2D eigenvalue weighted by Crippen LogP contribution is -2.40. The van der Waals surface area contributed by atoms with E-state index in [0.29, 0.717) is 5.82 Å². The van der Waals surface area contributed by atoms with Crippen LogP contribution in [0, 0.1) is 0 Å². The molecule has 0 aromatic carbocycles. The largest absolute Gasteiger partial charge is 0.381 e. The zero-order valence-electron chi connectivity index (χ0n) is 9.49.